The molecule has 5 heteroatoms. The Hall–Kier alpha value is -0.910. The van der Waals surface area contributed by atoms with Gasteiger partial charge in [0.15, 0.2) is 0 Å². The first-order chi connectivity index (χ1) is 10.2. The molecule has 1 aliphatic heterocycles. The quantitative estimate of drug-likeness (QED) is 0.880. The summed E-state index contributed by atoms with van der Waals surface area (Å²) in [6.45, 7) is 5.16. The molecule has 1 amide bonds. The van der Waals surface area contributed by atoms with Crippen molar-refractivity contribution in [2.24, 2.45) is 0 Å². The fourth-order valence-corrected chi connectivity index (χ4v) is 3.13. The molecule has 0 aromatic heterocycles. The Morgan fingerprint density at radius 3 is 2.52 bits per heavy atom. The Morgan fingerprint density at radius 1 is 1.24 bits per heavy atom. The van der Waals surface area contributed by atoms with E-state index in [1.807, 2.05) is 12.1 Å². The van der Waals surface area contributed by atoms with Crippen LogP contribution in [0.1, 0.15) is 18.4 Å². The lowest BCUT2D eigenvalue weighted by Crippen LogP contribution is -2.43. The van der Waals surface area contributed by atoms with Crippen molar-refractivity contribution in [3.05, 3.63) is 34.3 Å². The molecule has 114 valence electrons. The highest BCUT2D eigenvalue weighted by atomic mass is 79.9. The molecule has 1 heterocycles. The van der Waals surface area contributed by atoms with E-state index < -0.39 is 0 Å². The number of benzene rings is 1. The van der Waals surface area contributed by atoms with E-state index in [0.717, 1.165) is 62.3 Å². The summed E-state index contributed by atoms with van der Waals surface area (Å²) in [5, 5.41) is 3.11. The summed E-state index contributed by atoms with van der Waals surface area (Å²) in [4.78, 5) is 14.8. The Balaban J connectivity index is 1.51. The van der Waals surface area contributed by atoms with Gasteiger partial charge in [0.25, 0.3) is 0 Å². The lowest BCUT2D eigenvalue weighted by molar-refractivity contribution is -0.123. The monoisotopic (exact) mass is 352 g/mol. The van der Waals surface area contributed by atoms with Crippen LogP contribution >= 0.6 is 15.9 Å². The first kappa shape index (κ1) is 15.0. The van der Waals surface area contributed by atoms with Crippen LogP contribution in [0.2, 0.25) is 0 Å². The highest BCUT2D eigenvalue weighted by Gasteiger charge is 2.50. The summed E-state index contributed by atoms with van der Waals surface area (Å²) >= 11 is 3.44. The van der Waals surface area contributed by atoms with E-state index in [4.69, 9.17) is 4.74 Å². The van der Waals surface area contributed by atoms with Crippen LogP contribution < -0.4 is 5.32 Å². The predicted molar refractivity (Wildman–Crippen MR) is 85.3 cm³/mol. The number of ether oxygens (including phenoxy) is 1. The smallest absolute Gasteiger partial charge is 0.230 e. The minimum Gasteiger partial charge on any atom is -0.379 e. The van der Waals surface area contributed by atoms with Crippen molar-refractivity contribution in [1.82, 2.24) is 10.2 Å². The van der Waals surface area contributed by atoms with Crippen molar-refractivity contribution < 1.29 is 9.53 Å². The molecule has 0 atom stereocenters. The number of morpholine rings is 1. The molecule has 3 rings (SSSR count). The molecule has 21 heavy (non-hydrogen) atoms. The van der Waals surface area contributed by atoms with Crippen molar-refractivity contribution in [2.75, 3.05) is 39.4 Å². The highest BCUT2D eigenvalue weighted by Crippen LogP contribution is 2.48. The Bertz CT molecular complexity index is 494. The van der Waals surface area contributed by atoms with Crippen molar-refractivity contribution in [2.45, 2.75) is 18.3 Å². The maximum absolute atomic E-state index is 12.5. The van der Waals surface area contributed by atoms with Gasteiger partial charge < -0.3 is 10.1 Å². The van der Waals surface area contributed by atoms with Crippen molar-refractivity contribution in [3.8, 4) is 0 Å². The van der Waals surface area contributed by atoms with Gasteiger partial charge in [-0.3, -0.25) is 9.69 Å². The average Bonchev–Trinajstić information content (AvgIpc) is 3.31. The van der Waals surface area contributed by atoms with Gasteiger partial charge in [-0.15, -0.1) is 0 Å². The van der Waals surface area contributed by atoms with Crippen molar-refractivity contribution in [3.63, 3.8) is 0 Å². The second-order valence-electron chi connectivity index (χ2n) is 5.80. The van der Waals surface area contributed by atoms with Crippen molar-refractivity contribution in [1.29, 1.82) is 0 Å². The fraction of sp³-hybridized carbons (Fsp3) is 0.562. The second-order valence-corrected chi connectivity index (χ2v) is 6.71. The van der Waals surface area contributed by atoms with E-state index in [1.165, 1.54) is 0 Å². The molecule has 1 saturated heterocycles. The molecule has 0 unspecified atom stereocenters. The first-order valence-electron chi connectivity index (χ1n) is 7.55. The van der Waals surface area contributed by atoms with Crippen molar-refractivity contribution >= 4 is 21.8 Å². The molecule has 1 aliphatic carbocycles. The van der Waals surface area contributed by atoms with Gasteiger partial charge in [0, 0.05) is 30.7 Å². The van der Waals surface area contributed by atoms with Gasteiger partial charge in [0.1, 0.15) is 0 Å². The summed E-state index contributed by atoms with van der Waals surface area (Å²) in [7, 11) is 0. The summed E-state index contributed by atoms with van der Waals surface area (Å²) in [5.74, 6) is 0.179. The number of hydrogen-bond acceptors (Lipinski definition) is 3. The van der Waals surface area contributed by atoms with Crippen LogP contribution in [0.25, 0.3) is 0 Å². The zero-order valence-electron chi connectivity index (χ0n) is 12.1. The Kier molecular flexibility index (Phi) is 4.62. The minimum atomic E-state index is -0.272. The molecule has 0 radical (unpaired) electrons. The first-order valence-corrected chi connectivity index (χ1v) is 8.34. The minimum absolute atomic E-state index is 0.179. The zero-order chi connectivity index (χ0) is 14.7. The molecule has 4 nitrogen and oxygen atoms in total. The number of halogens is 1. The van der Waals surface area contributed by atoms with Crippen LogP contribution in [0.15, 0.2) is 28.7 Å². The van der Waals surface area contributed by atoms with Crippen LogP contribution in [0, 0.1) is 0 Å². The molecule has 0 spiro atoms. The Morgan fingerprint density at radius 2 is 1.90 bits per heavy atom. The summed E-state index contributed by atoms with van der Waals surface area (Å²) in [5.41, 5.74) is 0.862. The molecule has 2 fully saturated rings. The third kappa shape index (κ3) is 3.47. The van der Waals surface area contributed by atoms with E-state index in [1.54, 1.807) is 0 Å². The van der Waals surface area contributed by atoms with Gasteiger partial charge in [-0.1, -0.05) is 28.1 Å². The highest BCUT2D eigenvalue weighted by molar-refractivity contribution is 9.10. The summed E-state index contributed by atoms with van der Waals surface area (Å²) in [6.07, 6.45) is 1.91. The predicted octanol–water partition coefficient (Wildman–Crippen LogP) is 1.93. The van der Waals surface area contributed by atoms with Gasteiger partial charge in [0.2, 0.25) is 5.91 Å². The number of carbonyl (C=O) groups excluding carboxylic acids is 1. The number of amides is 1. The number of carbonyl (C=O) groups is 1. The number of hydrogen-bond donors (Lipinski definition) is 1. The Labute approximate surface area is 134 Å². The van der Waals surface area contributed by atoms with Crippen LogP contribution in [0.3, 0.4) is 0 Å². The van der Waals surface area contributed by atoms with Gasteiger partial charge in [0.05, 0.1) is 18.6 Å². The fourth-order valence-electron chi connectivity index (χ4n) is 2.86. The van der Waals surface area contributed by atoms with Crippen LogP contribution in [-0.2, 0) is 14.9 Å². The third-order valence-corrected chi connectivity index (χ3v) is 4.93. The van der Waals surface area contributed by atoms with Crippen LogP contribution in [-0.4, -0.2) is 50.2 Å². The molecule has 0 bridgehead atoms. The normalized spacial score (nSPS) is 21.0. The van der Waals surface area contributed by atoms with Gasteiger partial charge in [-0.05, 0) is 30.5 Å². The number of rotatable bonds is 5. The van der Waals surface area contributed by atoms with E-state index in [-0.39, 0.29) is 11.3 Å². The maximum Gasteiger partial charge on any atom is 0.230 e. The standard InChI is InChI=1S/C16H21BrN2O2/c17-14-3-1-13(2-4-14)16(5-6-16)15(20)18-7-8-19-9-11-21-12-10-19/h1-4H,5-12H2,(H,18,20). The van der Waals surface area contributed by atoms with Crippen LogP contribution in [0.4, 0.5) is 0 Å². The molecule has 1 aromatic rings. The number of nitrogens with zero attached hydrogens (tertiary/aromatic N) is 1. The molecular formula is C16H21BrN2O2. The van der Waals surface area contributed by atoms with Gasteiger partial charge >= 0.3 is 0 Å². The molecule has 2 aliphatic rings. The zero-order valence-corrected chi connectivity index (χ0v) is 13.7. The SMILES string of the molecule is O=C(NCCN1CCOCC1)C1(c2ccc(Br)cc2)CC1. The van der Waals surface area contributed by atoms with E-state index >= 15 is 0 Å². The van der Waals surface area contributed by atoms with E-state index in [2.05, 4.69) is 38.3 Å². The van der Waals surface area contributed by atoms with Crippen LogP contribution in [0.5, 0.6) is 0 Å². The lowest BCUT2D eigenvalue weighted by Gasteiger charge is -2.27. The molecule has 1 aromatic carbocycles. The second kappa shape index (κ2) is 6.46. The topological polar surface area (TPSA) is 41.6 Å². The van der Waals surface area contributed by atoms with E-state index in [9.17, 15) is 4.79 Å². The largest absolute Gasteiger partial charge is 0.379 e. The summed E-state index contributed by atoms with van der Waals surface area (Å²) < 4.78 is 6.38. The van der Waals surface area contributed by atoms with E-state index in [0.29, 0.717) is 0 Å². The third-order valence-electron chi connectivity index (χ3n) is 4.40. The van der Waals surface area contributed by atoms with Gasteiger partial charge in [-0.25, -0.2) is 0 Å². The summed E-state index contributed by atoms with van der Waals surface area (Å²) in [6, 6.07) is 8.13. The maximum atomic E-state index is 12.5. The number of nitrogens with one attached hydrogen (secondary N) is 1. The molecule has 1 saturated carbocycles. The average molecular weight is 353 g/mol. The molecule has 1 N–H and O–H groups in total. The lowest BCUT2D eigenvalue weighted by atomic mass is 9.95. The van der Waals surface area contributed by atoms with Gasteiger partial charge in [-0.2, -0.15) is 0 Å². The molecular weight excluding hydrogens is 332 g/mol.